The molecular weight excluding hydrogens is 333 g/mol. The fraction of sp³-hybridized carbons (Fsp3) is 0.294. The van der Waals surface area contributed by atoms with Crippen LogP contribution in [0.5, 0.6) is 11.5 Å². The third-order valence-electron chi connectivity index (χ3n) is 3.49. The first-order chi connectivity index (χ1) is 11.4. The summed E-state index contributed by atoms with van der Waals surface area (Å²) in [6.45, 7) is 0.215. The number of sulfonamides is 1. The van der Waals surface area contributed by atoms with Crippen LogP contribution in [0.25, 0.3) is 0 Å². The first-order valence-electron chi connectivity index (χ1n) is 7.37. The van der Waals surface area contributed by atoms with Crippen LogP contribution in [0.4, 0.5) is 4.39 Å². The number of hydrogen-bond donors (Lipinski definition) is 1. The monoisotopic (exact) mass is 353 g/mol. The summed E-state index contributed by atoms with van der Waals surface area (Å²) in [6.07, 6.45) is 0.483. The standard InChI is InChI=1S/C17H20FNO4S/c1-22-16-8-7-13(11-17(16)23-2)9-10-19-24(20,21)12-14-5-3-4-6-15(14)18/h3-8,11,19H,9-10,12H2,1-2H3. The Balaban J connectivity index is 1.94. The number of halogens is 1. The van der Waals surface area contributed by atoms with Crippen LogP contribution in [0.3, 0.4) is 0 Å². The molecule has 0 saturated heterocycles. The summed E-state index contributed by atoms with van der Waals surface area (Å²) in [6, 6.07) is 11.2. The van der Waals surface area contributed by atoms with Crippen LogP contribution < -0.4 is 14.2 Å². The van der Waals surface area contributed by atoms with Crippen LogP contribution in [-0.2, 0) is 22.2 Å². The number of ether oxygens (including phenoxy) is 2. The summed E-state index contributed by atoms with van der Waals surface area (Å²) in [4.78, 5) is 0. The Hall–Kier alpha value is -2.12. The Labute approximate surface area is 141 Å². The Bertz CT molecular complexity index is 793. The number of rotatable bonds is 8. The molecule has 0 saturated carbocycles. The second-order valence-corrected chi connectivity index (χ2v) is 6.99. The van der Waals surface area contributed by atoms with Crippen LogP contribution in [0.15, 0.2) is 42.5 Å². The Morgan fingerprint density at radius 1 is 1.04 bits per heavy atom. The second kappa shape index (κ2) is 8.12. The van der Waals surface area contributed by atoms with Gasteiger partial charge in [0, 0.05) is 12.1 Å². The fourth-order valence-electron chi connectivity index (χ4n) is 2.26. The Morgan fingerprint density at radius 2 is 1.75 bits per heavy atom. The molecule has 2 rings (SSSR count). The molecule has 0 aliphatic heterocycles. The summed E-state index contributed by atoms with van der Waals surface area (Å²) < 4.78 is 50.5. The van der Waals surface area contributed by atoms with Crippen LogP contribution in [0, 0.1) is 5.82 Å². The molecule has 0 spiro atoms. The maximum Gasteiger partial charge on any atom is 0.215 e. The lowest BCUT2D eigenvalue weighted by atomic mass is 10.1. The highest BCUT2D eigenvalue weighted by atomic mass is 32.2. The molecule has 0 bridgehead atoms. The van der Waals surface area contributed by atoms with E-state index in [1.807, 2.05) is 6.07 Å². The zero-order valence-electron chi connectivity index (χ0n) is 13.6. The maximum atomic E-state index is 13.5. The van der Waals surface area contributed by atoms with Crippen molar-refractivity contribution in [2.75, 3.05) is 20.8 Å². The van der Waals surface area contributed by atoms with Crippen molar-refractivity contribution in [2.45, 2.75) is 12.2 Å². The van der Waals surface area contributed by atoms with Crippen molar-refractivity contribution in [1.29, 1.82) is 0 Å². The van der Waals surface area contributed by atoms with Crippen molar-refractivity contribution >= 4 is 10.0 Å². The molecule has 5 nitrogen and oxygen atoms in total. The molecule has 2 aromatic carbocycles. The Kier molecular flexibility index (Phi) is 6.16. The molecule has 130 valence electrons. The molecule has 24 heavy (non-hydrogen) atoms. The molecule has 0 aromatic heterocycles. The SMILES string of the molecule is COc1ccc(CCNS(=O)(=O)Cc2ccccc2F)cc1OC. The van der Waals surface area contributed by atoms with Gasteiger partial charge < -0.3 is 9.47 Å². The van der Waals surface area contributed by atoms with Crippen LogP contribution in [0.1, 0.15) is 11.1 Å². The van der Waals surface area contributed by atoms with Crippen molar-refractivity contribution in [3.63, 3.8) is 0 Å². The van der Waals surface area contributed by atoms with E-state index in [0.29, 0.717) is 17.9 Å². The average molecular weight is 353 g/mol. The van der Waals surface area contributed by atoms with E-state index in [2.05, 4.69) is 4.72 Å². The first-order valence-corrected chi connectivity index (χ1v) is 9.02. The molecule has 1 N–H and O–H groups in total. The fourth-order valence-corrected chi connectivity index (χ4v) is 3.42. The van der Waals surface area contributed by atoms with E-state index in [1.54, 1.807) is 32.4 Å². The average Bonchev–Trinajstić information content (AvgIpc) is 2.56. The maximum absolute atomic E-state index is 13.5. The summed E-state index contributed by atoms with van der Waals surface area (Å²) in [5.74, 6) is 0.291. The second-order valence-electron chi connectivity index (χ2n) is 5.18. The van der Waals surface area contributed by atoms with Crippen molar-refractivity contribution in [3.8, 4) is 11.5 Å². The molecule has 0 heterocycles. The quantitative estimate of drug-likeness (QED) is 0.792. The largest absolute Gasteiger partial charge is 0.493 e. The predicted molar refractivity (Wildman–Crippen MR) is 90.3 cm³/mol. The lowest BCUT2D eigenvalue weighted by Crippen LogP contribution is -2.27. The van der Waals surface area contributed by atoms with Gasteiger partial charge in [0.25, 0.3) is 0 Å². The van der Waals surface area contributed by atoms with Crippen LogP contribution in [0.2, 0.25) is 0 Å². The zero-order valence-corrected chi connectivity index (χ0v) is 14.4. The highest BCUT2D eigenvalue weighted by Gasteiger charge is 2.14. The van der Waals surface area contributed by atoms with Gasteiger partial charge in [-0.2, -0.15) is 0 Å². The number of methoxy groups -OCH3 is 2. The van der Waals surface area contributed by atoms with Gasteiger partial charge in [-0.25, -0.2) is 17.5 Å². The Morgan fingerprint density at radius 3 is 2.42 bits per heavy atom. The van der Waals surface area contributed by atoms with E-state index in [9.17, 15) is 12.8 Å². The minimum atomic E-state index is -3.60. The van der Waals surface area contributed by atoms with E-state index >= 15 is 0 Å². The van der Waals surface area contributed by atoms with Gasteiger partial charge in [-0.1, -0.05) is 24.3 Å². The van der Waals surface area contributed by atoms with Gasteiger partial charge >= 0.3 is 0 Å². The van der Waals surface area contributed by atoms with E-state index in [1.165, 1.54) is 18.2 Å². The molecular formula is C17H20FNO4S. The molecule has 0 fully saturated rings. The summed E-state index contributed by atoms with van der Waals surface area (Å²) in [5, 5.41) is 0. The summed E-state index contributed by atoms with van der Waals surface area (Å²) in [5.41, 5.74) is 1.05. The summed E-state index contributed by atoms with van der Waals surface area (Å²) in [7, 11) is -0.511. The zero-order chi connectivity index (χ0) is 17.6. The van der Waals surface area contributed by atoms with E-state index in [0.717, 1.165) is 5.56 Å². The van der Waals surface area contributed by atoms with E-state index < -0.39 is 15.8 Å². The summed E-state index contributed by atoms with van der Waals surface area (Å²) >= 11 is 0. The lowest BCUT2D eigenvalue weighted by Gasteiger charge is -2.10. The van der Waals surface area contributed by atoms with Crippen molar-refractivity contribution < 1.29 is 22.3 Å². The van der Waals surface area contributed by atoms with Crippen molar-refractivity contribution in [2.24, 2.45) is 0 Å². The molecule has 0 radical (unpaired) electrons. The molecule has 7 heteroatoms. The molecule has 0 atom stereocenters. The minimum Gasteiger partial charge on any atom is -0.493 e. The highest BCUT2D eigenvalue weighted by Crippen LogP contribution is 2.27. The van der Waals surface area contributed by atoms with Crippen molar-refractivity contribution in [3.05, 3.63) is 59.4 Å². The van der Waals surface area contributed by atoms with Gasteiger partial charge in [0.05, 0.1) is 20.0 Å². The molecule has 0 aliphatic carbocycles. The molecule has 0 aliphatic rings. The molecule has 2 aromatic rings. The van der Waals surface area contributed by atoms with Gasteiger partial charge in [0.1, 0.15) is 5.82 Å². The minimum absolute atomic E-state index is 0.149. The van der Waals surface area contributed by atoms with Gasteiger partial charge in [-0.3, -0.25) is 0 Å². The molecule has 0 amide bonds. The van der Waals surface area contributed by atoms with Crippen LogP contribution >= 0.6 is 0 Å². The number of hydrogen-bond acceptors (Lipinski definition) is 4. The highest BCUT2D eigenvalue weighted by molar-refractivity contribution is 7.88. The van der Waals surface area contributed by atoms with E-state index in [-0.39, 0.29) is 17.9 Å². The molecule has 0 unspecified atom stereocenters. The van der Waals surface area contributed by atoms with Gasteiger partial charge in [-0.15, -0.1) is 0 Å². The van der Waals surface area contributed by atoms with Crippen LogP contribution in [-0.4, -0.2) is 29.2 Å². The topological polar surface area (TPSA) is 64.6 Å². The third-order valence-corrected chi connectivity index (χ3v) is 4.82. The van der Waals surface area contributed by atoms with Gasteiger partial charge in [-0.05, 0) is 30.2 Å². The number of benzene rings is 2. The lowest BCUT2D eigenvalue weighted by molar-refractivity contribution is 0.354. The van der Waals surface area contributed by atoms with Crippen molar-refractivity contribution in [1.82, 2.24) is 4.72 Å². The third kappa shape index (κ3) is 4.94. The van der Waals surface area contributed by atoms with Gasteiger partial charge in [0.2, 0.25) is 10.0 Å². The number of nitrogens with one attached hydrogen (secondary N) is 1. The smallest absolute Gasteiger partial charge is 0.215 e. The van der Waals surface area contributed by atoms with Gasteiger partial charge in [0.15, 0.2) is 11.5 Å². The first kappa shape index (κ1) is 18.2. The predicted octanol–water partition coefficient (Wildman–Crippen LogP) is 2.51. The van der Waals surface area contributed by atoms with E-state index in [4.69, 9.17) is 9.47 Å². The normalized spacial score (nSPS) is 11.3.